The maximum atomic E-state index is 12.3. The van der Waals surface area contributed by atoms with E-state index in [-0.39, 0.29) is 24.0 Å². The molecule has 3 N–H and O–H groups in total. The number of piperidine rings is 1. The Kier molecular flexibility index (Phi) is 4.62. The van der Waals surface area contributed by atoms with Gasteiger partial charge in [-0.1, -0.05) is 6.92 Å². The van der Waals surface area contributed by atoms with Gasteiger partial charge in [-0.25, -0.2) is 0 Å². The lowest BCUT2D eigenvalue weighted by molar-refractivity contribution is -0.129. The average Bonchev–Trinajstić information content (AvgIpc) is 2.43. The molecule has 1 saturated heterocycles. The maximum absolute atomic E-state index is 12.3. The fourth-order valence-electron chi connectivity index (χ4n) is 3.08. The van der Waals surface area contributed by atoms with Crippen molar-refractivity contribution >= 4 is 5.91 Å². The molecule has 0 unspecified atom stereocenters. The van der Waals surface area contributed by atoms with E-state index in [9.17, 15) is 9.90 Å². The molecule has 0 atom stereocenters. The Morgan fingerprint density at radius 2 is 1.89 bits per heavy atom. The summed E-state index contributed by atoms with van der Waals surface area (Å²) >= 11 is 0. The SMILES string of the molecule is CC1CCC(CO)(NC(=O)C2CCNCC2)CC1. The first-order valence-electron chi connectivity index (χ1n) is 7.29. The summed E-state index contributed by atoms with van der Waals surface area (Å²) < 4.78 is 0. The molecule has 18 heavy (non-hydrogen) atoms. The first kappa shape index (κ1) is 13.8. The summed E-state index contributed by atoms with van der Waals surface area (Å²) in [5, 5.41) is 16.1. The van der Waals surface area contributed by atoms with Crippen LogP contribution in [0.5, 0.6) is 0 Å². The molecule has 1 aliphatic heterocycles. The number of carbonyl (C=O) groups is 1. The van der Waals surface area contributed by atoms with Gasteiger partial charge in [-0.3, -0.25) is 4.79 Å². The Balaban J connectivity index is 1.90. The lowest BCUT2D eigenvalue weighted by Crippen LogP contribution is -2.55. The zero-order chi connectivity index (χ0) is 13.0. The van der Waals surface area contributed by atoms with E-state index in [1.165, 1.54) is 0 Å². The number of hydrogen-bond acceptors (Lipinski definition) is 3. The molecule has 0 spiro atoms. The number of nitrogens with one attached hydrogen (secondary N) is 2. The van der Waals surface area contributed by atoms with Crippen molar-refractivity contribution in [1.29, 1.82) is 0 Å². The zero-order valence-electron chi connectivity index (χ0n) is 11.4. The van der Waals surface area contributed by atoms with Crippen molar-refractivity contribution in [3.05, 3.63) is 0 Å². The predicted molar refractivity (Wildman–Crippen MR) is 71.2 cm³/mol. The number of aliphatic hydroxyl groups is 1. The third kappa shape index (κ3) is 3.23. The van der Waals surface area contributed by atoms with Gasteiger partial charge in [-0.2, -0.15) is 0 Å². The van der Waals surface area contributed by atoms with Gasteiger partial charge in [-0.15, -0.1) is 0 Å². The largest absolute Gasteiger partial charge is 0.394 e. The minimum Gasteiger partial charge on any atom is -0.394 e. The van der Waals surface area contributed by atoms with Crippen LogP contribution in [0.15, 0.2) is 0 Å². The van der Waals surface area contributed by atoms with E-state index in [2.05, 4.69) is 17.6 Å². The summed E-state index contributed by atoms with van der Waals surface area (Å²) in [6.45, 7) is 4.19. The minimum absolute atomic E-state index is 0.0798. The highest BCUT2D eigenvalue weighted by Gasteiger charge is 2.36. The van der Waals surface area contributed by atoms with Gasteiger partial charge in [0.1, 0.15) is 0 Å². The van der Waals surface area contributed by atoms with E-state index < -0.39 is 0 Å². The van der Waals surface area contributed by atoms with Crippen LogP contribution in [-0.4, -0.2) is 36.2 Å². The Morgan fingerprint density at radius 1 is 1.28 bits per heavy atom. The second-order valence-electron chi connectivity index (χ2n) is 6.13. The third-order valence-electron chi connectivity index (χ3n) is 4.63. The van der Waals surface area contributed by atoms with Crippen molar-refractivity contribution in [2.24, 2.45) is 11.8 Å². The molecule has 1 saturated carbocycles. The van der Waals surface area contributed by atoms with Gasteiger partial charge in [-0.05, 0) is 57.5 Å². The van der Waals surface area contributed by atoms with E-state index >= 15 is 0 Å². The van der Waals surface area contributed by atoms with Gasteiger partial charge in [0.05, 0.1) is 12.1 Å². The lowest BCUT2D eigenvalue weighted by Gasteiger charge is -2.40. The van der Waals surface area contributed by atoms with Gasteiger partial charge < -0.3 is 15.7 Å². The van der Waals surface area contributed by atoms with Crippen LogP contribution in [-0.2, 0) is 4.79 Å². The highest BCUT2D eigenvalue weighted by molar-refractivity contribution is 5.79. The molecule has 0 aromatic heterocycles. The smallest absolute Gasteiger partial charge is 0.223 e. The molecule has 0 radical (unpaired) electrons. The van der Waals surface area contributed by atoms with E-state index in [4.69, 9.17) is 0 Å². The Bertz CT molecular complexity index is 280. The summed E-state index contributed by atoms with van der Waals surface area (Å²) in [6.07, 6.45) is 5.89. The summed E-state index contributed by atoms with van der Waals surface area (Å²) in [5.74, 6) is 1.01. The quantitative estimate of drug-likeness (QED) is 0.705. The first-order chi connectivity index (χ1) is 8.65. The highest BCUT2D eigenvalue weighted by atomic mass is 16.3. The molecule has 4 heteroatoms. The standard InChI is InChI=1S/C14H26N2O2/c1-11-2-6-14(10-17,7-3-11)16-13(18)12-4-8-15-9-5-12/h11-12,15,17H,2-10H2,1H3,(H,16,18). The van der Waals surface area contributed by atoms with Gasteiger partial charge in [0.15, 0.2) is 0 Å². The lowest BCUT2D eigenvalue weighted by atomic mass is 9.77. The summed E-state index contributed by atoms with van der Waals surface area (Å²) in [6, 6.07) is 0. The Morgan fingerprint density at radius 3 is 2.44 bits per heavy atom. The molecule has 0 aromatic rings. The van der Waals surface area contributed by atoms with Crippen LogP contribution < -0.4 is 10.6 Å². The zero-order valence-corrected chi connectivity index (χ0v) is 11.4. The highest BCUT2D eigenvalue weighted by Crippen LogP contribution is 2.32. The van der Waals surface area contributed by atoms with Gasteiger partial charge >= 0.3 is 0 Å². The molecule has 0 bridgehead atoms. The average molecular weight is 254 g/mol. The van der Waals surface area contributed by atoms with E-state index in [0.717, 1.165) is 57.5 Å². The maximum Gasteiger partial charge on any atom is 0.223 e. The van der Waals surface area contributed by atoms with E-state index in [1.54, 1.807) is 0 Å². The van der Waals surface area contributed by atoms with Crippen LogP contribution in [0.25, 0.3) is 0 Å². The molecule has 1 amide bonds. The van der Waals surface area contributed by atoms with Crippen LogP contribution in [0.3, 0.4) is 0 Å². The number of aliphatic hydroxyl groups excluding tert-OH is 1. The van der Waals surface area contributed by atoms with Gasteiger partial charge in [0.2, 0.25) is 5.91 Å². The van der Waals surface area contributed by atoms with Crippen molar-refractivity contribution in [1.82, 2.24) is 10.6 Å². The van der Waals surface area contributed by atoms with Crippen molar-refractivity contribution in [3.63, 3.8) is 0 Å². The molecule has 2 aliphatic rings. The van der Waals surface area contributed by atoms with Crippen LogP contribution in [0.4, 0.5) is 0 Å². The summed E-state index contributed by atoms with van der Waals surface area (Å²) in [7, 11) is 0. The van der Waals surface area contributed by atoms with E-state index in [0.29, 0.717) is 0 Å². The number of rotatable bonds is 3. The third-order valence-corrected chi connectivity index (χ3v) is 4.63. The van der Waals surface area contributed by atoms with Crippen molar-refractivity contribution < 1.29 is 9.90 Å². The fourth-order valence-corrected chi connectivity index (χ4v) is 3.08. The molecule has 2 rings (SSSR count). The van der Waals surface area contributed by atoms with Crippen molar-refractivity contribution in [3.8, 4) is 0 Å². The molecule has 1 aliphatic carbocycles. The Labute approximate surface area is 110 Å². The summed E-state index contributed by atoms with van der Waals surface area (Å²) in [4.78, 5) is 12.3. The predicted octanol–water partition coefficient (Wildman–Crippen LogP) is 1.04. The van der Waals surface area contributed by atoms with Crippen molar-refractivity contribution in [2.75, 3.05) is 19.7 Å². The second-order valence-corrected chi connectivity index (χ2v) is 6.13. The molecule has 0 aromatic carbocycles. The molecular formula is C14H26N2O2. The topological polar surface area (TPSA) is 61.4 Å². The molecular weight excluding hydrogens is 228 g/mol. The van der Waals surface area contributed by atoms with E-state index in [1.807, 2.05) is 0 Å². The normalized spacial score (nSPS) is 34.2. The van der Waals surface area contributed by atoms with Crippen LogP contribution in [0.2, 0.25) is 0 Å². The van der Waals surface area contributed by atoms with Gasteiger partial charge in [0, 0.05) is 5.92 Å². The Hall–Kier alpha value is -0.610. The first-order valence-corrected chi connectivity index (χ1v) is 7.29. The van der Waals surface area contributed by atoms with Crippen LogP contribution in [0, 0.1) is 11.8 Å². The molecule has 4 nitrogen and oxygen atoms in total. The van der Waals surface area contributed by atoms with Crippen LogP contribution in [0.1, 0.15) is 45.4 Å². The van der Waals surface area contributed by atoms with Gasteiger partial charge in [0.25, 0.3) is 0 Å². The molecule has 104 valence electrons. The fraction of sp³-hybridized carbons (Fsp3) is 0.929. The number of carbonyl (C=O) groups excluding carboxylic acids is 1. The summed E-state index contributed by atoms with van der Waals surface area (Å²) in [5.41, 5.74) is -0.339. The molecule has 1 heterocycles. The minimum atomic E-state index is -0.339. The van der Waals surface area contributed by atoms with Crippen LogP contribution >= 0.6 is 0 Å². The van der Waals surface area contributed by atoms with Crippen molar-refractivity contribution in [2.45, 2.75) is 51.0 Å². The number of amides is 1. The second kappa shape index (κ2) is 6.02. The number of hydrogen-bond donors (Lipinski definition) is 3. The monoisotopic (exact) mass is 254 g/mol. The molecule has 2 fully saturated rings.